The largest absolute Gasteiger partial charge is 0.465 e. The molecule has 9 heteroatoms. The van der Waals surface area contributed by atoms with Crippen LogP contribution < -0.4 is 5.32 Å². The molecule has 36 heavy (non-hydrogen) atoms. The number of ether oxygens (including phenoxy) is 2. The van der Waals surface area contributed by atoms with E-state index in [0.717, 1.165) is 0 Å². The van der Waals surface area contributed by atoms with E-state index in [1.807, 2.05) is 26.0 Å². The van der Waals surface area contributed by atoms with Crippen molar-refractivity contribution in [2.24, 2.45) is 17.8 Å². The summed E-state index contributed by atoms with van der Waals surface area (Å²) in [7, 11) is 0. The third kappa shape index (κ3) is 6.28. The number of carbonyl (C=O) groups excluding carboxylic acids is 4. The van der Waals surface area contributed by atoms with Gasteiger partial charge in [0, 0.05) is 34.7 Å². The van der Waals surface area contributed by atoms with Gasteiger partial charge in [0.05, 0.1) is 18.6 Å². The highest BCUT2D eigenvalue weighted by atomic mass is 32.2. The smallest absolute Gasteiger partial charge is 0.408 e. The van der Waals surface area contributed by atoms with Crippen LogP contribution in [0.5, 0.6) is 0 Å². The Morgan fingerprint density at radius 3 is 2.47 bits per heavy atom. The second-order valence-corrected chi connectivity index (χ2v) is 12.6. The van der Waals surface area contributed by atoms with Crippen molar-refractivity contribution in [1.29, 1.82) is 5.26 Å². The lowest BCUT2D eigenvalue weighted by Crippen LogP contribution is -2.53. The molecule has 1 aromatic rings. The molecule has 3 rings (SSSR count). The lowest BCUT2D eigenvalue weighted by molar-refractivity contribution is -0.158. The fourth-order valence-electron chi connectivity index (χ4n) is 4.88. The van der Waals surface area contributed by atoms with E-state index in [1.54, 1.807) is 56.8 Å². The average molecular weight is 515 g/mol. The lowest BCUT2D eigenvalue weighted by atomic mass is 9.63. The predicted octanol–water partition coefficient (Wildman–Crippen LogP) is 4.38. The summed E-state index contributed by atoms with van der Waals surface area (Å²) < 4.78 is 10.2. The SMILES string of the molecule is CC(C)(C)OC(=O)N[C@@H](C(=O)C[C@@H]1C(=O)C2[C@@H](C(=O)OCCCC#N)C(C)(C)S[C@@H]21)c1ccccc1. The Morgan fingerprint density at radius 2 is 1.86 bits per heavy atom. The van der Waals surface area contributed by atoms with Crippen LogP contribution in [-0.2, 0) is 23.9 Å². The highest BCUT2D eigenvalue weighted by Gasteiger charge is 2.66. The number of amides is 1. The summed E-state index contributed by atoms with van der Waals surface area (Å²) in [6.45, 7) is 9.20. The molecule has 2 fully saturated rings. The summed E-state index contributed by atoms with van der Waals surface area (Å²) in [6.07, 6.45) is -0.000998. The van der Waals surface area contributed by atoms with Crippen LogP contribution >= 0.6 is 11.8 Å². The number of hydrogen-bond acceptors (Lipinski definition) is 8. The molecule has 194 valence electrons. The van der Waals surface area contributed by atoms with Crippen LogP contribution in [0.25, 0.3) is 0 Å². The van der Waals surface area contributed by atoms with Gasteiger partial charge in [-0.2, -0.15) is 5.26 Å². The number of nitrogens with one attached hydrogen (secondary N) is 1. The normalized spacial score (nSPS) is 25.1. The van der Waals surface area contributed by atoms with E-state index in [0.29, 0.717) is 18.4 Å². The highest BCUT2D eigenvalue weighted by Crippen LogP contribution is 2.61. The monoisotopic (exact) mass is 514 g/mol. The summed E-state index contributed by atoms with van der Waals surface area (Å²) in [5.74, 6) is -2.46. The van der Waals surface area contributed by atoms with E-state index < -0.39 is 46.2 Å². The van der Waals surface area contributed by atoms with E-state index in [9.17, 15) is 19.2 Å². The third-order valence-corrected chi connectivity index (χ3v) is 8.22. The molecule has 0 aromatic heterocycles. The molecule has 1 heterocycles. The van der Waals surface area contributed by atoms with Crippen molar-refractivity contribution in [3.05, 3.63) is 35.9 Å². The van der Waals surface area contributed by atoms with Gasteiger partial charge in [-0.1, -0.05) is 30.3 Å². The van der Waals surface area contributed by atoms with Gasteiger partial charge in [-0.25, -0.2) is 4.79 Å². The summed E-state index contributed by atoms with van der Waals surface area (Å²) >= 11 is 1.54. The Morgan fingerprint density at radius 1 is 1.19 bits per heavy atom. The number of nitriles is 1. The minimum absolute atomic E-state index is 0.0393. The van der Waals surface area contributed by atoms with Gasteiger partial charge in [0.15, 0.2) is 5.78 Å². The number of hydrogen-bond donors (Lipinski definition) is 1. The van der Waals surface area contributed by atoms with Crippen molar-refractivity contribution in [2.45, 2.75) is 75.5 Å². The van der Waals surface area contributed by atoms with Crippen molar-refractivity contribution in [3.8, 4) is 6.07 Å². The van der Waals surface area contributed by atoms with Gasteiger partial charge in [0.2, 0.25) is 0 Å². The molecular weight excluding hydrogens is 480 g/mol. The first kappa shape index (κ1) is 27.7. The zero-order valence-electron chi connectivity index (χ0n) is 21.4. The summed E-state index contributed by atoms with van der Waals surface area (Å²) in [5.41, 5.74) is -0.120. The maximum absolute atomic E-state index is 13.4. The van der Waals surface area contributed by atoms with Crippen molar-refractivity contribution in [1.82, 2.24) is 5.32 Å². The standard InChI is InChI=1S/C27H34N2O6S/c1-26(2,3)35-25(33)29-21(16-11-7-6-8-12-16)18(30)15-17-22(31)19-20(27(4,5)36-23(17)19)24(32)34-14-10-9-13-28/h6-8,11-12,17,19-21,23H,9-10,14-15H2,1-5H3,(H,29,33)/t17-,19?,20+,21-,23-/m1/s1. The van der Waals surface area contributed by atoms with Crippen LogP contribution in [0.15, 0.2) is 30.3 Å². The van der Waals surface area contributed by atoms with Gasteiger partial charge in [0.25, 0.3) is 0 Å². The van der Waals surface area contributed by atoms with Crippen molar-refractivity contribution in [2.75, 3.05) is 6.61 Å². The first-order chi connectivity index (χ1) is 16.9. The van der Waals surface area contributed by atoms with Crippen LogP contribution in [0.1, 0.15) is 65.5 Å². The van der Waals surface area contributed by atoms with Crippen molar-refractivity contribution >= 4 is 35.4 Å². The number of rotatable bonds is 9. The van der Waals surface area contributed by atoms with Gasteiger partial charge in [0.1, 0.15) is 17.4 Å². The number of thioether (sulfide) groups is 1. The zero-order chi connectivity index (χ0) is 26.7. The Balaban J connectivity index is 1.71. The van der Waals surface area contributed by atoms with Crippen LogP contribution in [0.3, 0.4) is 0 Å². The third-order valence-electron chi connectivity index (χ3n) is 6.46. The lowest BCUT2D eigenvalue weighted by Gasteiger charge is -2.39. The number of Topliss-reactive ketones (excluding diaryl/α,β-unsaturated/α-hetero) is 2. The molecule has 1 amide bonds. The van der Waals surface area contributed by atoms with Crippen LogP contribution in [0.2, 0.25) is 0 Å². The van der Waals surface area contributed by atoms with E-state index in [1.165, 1.54) is 0 Å². The summed E-state index contributed by atoms with van der Waals surface area (Å²) in [4.78, 5) is 51.9. The molecule has 1 aromatic carbocycles. The maximum atomic E-state index is 13.4. The minimum Gasteiger partial charge on any atom is -0.465 e. The van der Waals surface area contributed by atoms with Crippen molar-refractivity contribution in [3.63, 3.8) is 0 Å². The molecule has 1 N–H and O–H groups in total. The van der Waals surface area contributed by atoms with Gasteiger partial charge in [-0.15, -0.1) is 11.8 Å². The first-order valence-electron chi connectivity index (χ1n) is 12.2. The quantitative estimate of drug-likeness (QED) is 0.380. The molecule has 1 unspecified atom stereocenters. The Labute approximate surface area is 216 Å². The number of fused-ring (bicyclic) bond motifs is 1. The number of nitrogens with zero attached hydrogens (tertiary/aromatic N) is 1. The first-order valence-corrected chi connectivity index (χ1v) is 13.1. The molecule has 1 aliphatic carbocycles. The molecule has 5 atom stereocenters. The van der Waals surface area contributed by atoms with E-state index in [2.05, 4.69) is 5.32 Å². The molecule has 2 aliphatic rings. The van der Waals surface area contributed by atoms with Crippen LogP contribution in [0.4, 0.5) is 4.79 Å². The van der Waals surface area contributed by atoms with Crippen molar-refractivity contribution < 1.29 is 28.7 Å². The molecule has 1 aliphatic heterocycles. The molecule has 1 saturated carbocycles. The topological polar surface area (TPSA) is 123 Å². The minimum atomic E-state index is -0.951. The second-order valence-electron chi connectivity index (χ2n) is 10.8. The Kier molecular flexibility index (Phi) is 8.50. The fourth-order valence-corrected chi connectivity index (χ4v) is 6.81. The van der Waals surface area contributed by atoms with Crippen LogP contribution in [0, 0.1) is 29.1 Å². The predicted molar refractivity (Wildman–Crippen MR) is 135 cm³/mol. The van der Waals surface area contributed by atoms with Gasteiger partial charge in [-0.05, 0) is 46.6 Å². The van der Waals surface area contributed by atoms with E-state index in [4.69, 9.17) is 14.7 Å². The zero-order valence-corrected chi connectivity index (χ0v) is 22.2. The Hall–Kier alpha value is -2.86. The Bertz CT molecular complexity index is 1040. The molecular formula is C27H34N2O6S. The summed E-state index contributed by atoms with van der Waals surface area (Å²) in [5, 5.41) is 11.2. The highest BCUT2D eigenvalue weighted by molar-refractivity contribution is 8.01. The number of alkyl carbamates (subject to hydrolysis) is 1. The van der Waals surface area contributed by atoms with Crippen LogP contribution in [-0.4, -0.2) is 45.8 Å². The molecule has 0 bridgehead atoms. The molecule has 1 saturated heterocycles. The van der Waals surface area contributed by atoms with Gasteiger partial charge >= 0.3 is 12.1 Å². The molecule has 0 radical (unpaired) electrons. The summed E-state index contributed by atoms with van der Waals surface area (Å²) in [6, 6.07) is 9.93. The van der Waals surface area contributed by atoms with Gasteiger partial charge in [-0.3, -0.25) is 14.4 Å². The van der Waals surface area contributed by atoms with Gasteiger partial charge < -0.3 is 14.8 Å². The second kappa shape index (κ2) is 11.0. The maximum Gasteiger partial charge on any atom is 0.408 e. The molecule has 0 spiro atoms. The number of unbranched alkanes of at least 4 members (excludes halogenated alkanes) is 1. The number of esters is 1. The number of benzene rings is 1. The number of carbonyl (C=O) groups is 4. The van der Waals surface area contributed by atoms with E-state index in [-0.39, 0.29) is 29.8 Å². The average Bonchev–Trinajstić information content (AvgIpc) is 3.05. The number of ketones is 2. The fraction of sp³-hybridized carbons (Fsp3) is 0.593. The van der Waals surface area contributed by atoms with E-state index >= 15 is 0 Å². The molecule has 8 nitrogen and oxygen atoms in total.